The van der Waals surface area contributed by atoms with E-state index < -0.39 is 17.5 Å². The van der Waals surface area contributed by atoms with Crippen molar-refractivity contribution in [1.29, 1.82) is 0 Å². The molecule has 0 saturated heterocycles. The van der Waals surface area contributed by atoms with Crippen molar-refractivity contribution in [2.24, 2.45) is 0 Å². The smallest absolute Gasteiger partial charge is 0.355 e. The van der Waals surface area contributed by atoms with Gasteiger partial charge in [0.2, 0.25) is 0 Å². The van der Waals surface area contributed by atoms with Gasteiger partial charge in [-0.25, -0.2) is 4.79 Å². The Morgan fingerprint density at radius 1 is 1.45 bits per heavy atom. The van der Waals surface area contributed by atoms with Gasteiger partial charge in [0.25, 0.3) is 5.91 Å². The Hall–Kier alpha value is -2.08. The summed E-state index contributed by atoms with van der Waals surface area (Å²) < 4.78 is 11.3. The molecule has 2 rings (SSSR count). The lowest BCUT2D eigenvalue weighted by Crippen LogP contribution is -2.39. The van der Waals surface area contributed by atoms with E-state index in [2.05, 4.69) is 0 Å². The molecule has 2 aromatic rings. The molecule has 20 heavy (non-hydrogen) atoms. The second kappa shape index (κ2) is 5.13. The van der Waals surface area contributed by atoms with E-state index >= 15 is 0 Å². The second-order valence-corrected chi connectivity index (χ2v) is 4.69. The highest BCUT2D eigenvalue weighted by atomic mass is 16.5. The lowest BCUT2D eigenvalue weighted by Gasteiger charge is -2.21. The Balaban J connectivity index is 2.59. The van der Waals surface area contributed by atoms with Crippen molar-refractivity contribution in [1.82, 2.24) is 4.57 Å². The van der Waals surface area contributed by atoms with E-state index in [9.17, 15) is 14.7 Å². The van der Waals surface area contributed by atoms with Gasteiger partial charge in [0, 0.05) is 12.1 Å². The largest absolute Gasteiger partial charge is 0.463 e. The Kier molecular flexibility index (Phi) is 3.67. The maximum atomic E-state index is 12.5. The summed E-state index contributed by atoms with van der Waals surface area (Å²) in [5, 5.41) is 10.1. The van der Waals surface area contributed by atoms with Gasteiger partial charge in [-0.15, -0.1) is 0 Å². The van der Waals surface area contributed by atoms with Crippen molar-refractivity contribution in [3.8, 4) is 0 Å². The number of carbonyl (C=O) groups is 2. The molecule has 0 spiro atoms. The average Bonchev–Trinajstić information content (AvgIpc) is 2.97. The molecule has 1 N–H and O–H groups in total. The summed E-state index contributed by atoms with van der Waals surface area (Å²) in [6, 6.07) is 3.01. The molecule has 0 fully saturated rings. The first kappa shape index (κ1) is 14.3. The van der Waals surface area contributed by atoms with Crippen LogP contribution in [0.4, 0.5) is 0 Å². The number of hydrogen-bond acceptors (Lipinski definition) is 5. The molecule has 108 valence electrons. The predicted octanol–water partition coefficient (Wildman–Crippen LogP) is 2.21. The van der Waals surface area contributed by atoms with E-state index in [1.165, 1.54) is 19.3 Å². The summed E-state index contributed by atoms with van der Waals surface area (Å²) >= 11 is 0. The summed E-state index contributed by atoms with van der Waals surface area (Å²) in [7, 11) is 0. The van der Waals surface area contributed by atoms with Gasteiger partial charge in [0.15, 0.2) is 5.58 Å². The van der Waals surface area contributed by atoms with E-state index in [4.69, 9.17) is 9.15 Å². The molecular formula is C14H17NO5. The molecule has 6 heteroatoms. The van der Waals surface area contributed by atoms with Crippen molar-refractivity contribution < 1.29 is 23.8 Å². The molecular weight excluding hydrogens is 262 g/mol. The first-order valence-corrected chi connectivity index (χ1v) is 6.45. The highest BCUT2D eigenvalue weighted by Crippen LogP contribution is 2.25. The monoisotopic (exact) mass is 279 g/mol. The summed E-state index contributed by atoms with van der Waals surface area (Å²) in [5.41, 5.74) is -0.676. The summed E-state index contributed by atoms with van der Waals surface area (Å²) in [6.45, 7) is 4.98. The van der Waals surface area contributed by atoms with Gasteiger partial charge < -0.3 is 14.3 Å². The first-order valence-electron chi connectivity index (χ1n) is 6.45. The average molecular weight is 279 g/mol. The molecule has 0 aromatic carbocycles. The maximum absolute atomic E-state index is 12.5. The number of ether oxygens (including phenoxy) is 1. The predicted molar refractivity (Wildman–Crippen MR) is 71.7 cm³/mol. The van der Waals surface area contributed by atoms with Gasteiger partial charge in [0.05, 0.1) is 18.4 Å². The minimum Gasteiger partial charge on any atom is -0.463 e. The Labute approximate surface area is 115 Å². The van der Waals surface area contributed by atoms with E-state index in [0.717, 1.165) is 4.57 Å². The molecule has 2 aromatic heterocycles. The van der Waals surface area contributed by atoms with Crippen LogP contribution in [-0.4, -0.2) is 33.8 Å². The van der Waals surface area contributed by atoms with Crippen molar-refractivity contribution in [2.75, 3.05) is 6.61 Å². The molecule has 0 amide bonds. The van der Waals surface area contributed by atoms with Gasteiger partial charge in [-0.05, 0) is 20.3 Å². The van der Waals surface area contributed by atoms with Gasteiger partial charge in [-0.1, -0.05) is 6.92 Å². The van der Waals surface area contributed by atoms with Crippen LogP contribution in [0, 0.1) is 0 Å². The van der Waals surface area contributed by atoms with Crippen molar-refractivity contribution in [2.45, 2.75) is 32.8 Å². The Morgan fingerprint density at radius 3 is 2.75 bits per heavy atom. The molecule has 0 saturated carbocycles. The SMILES string of the molecule is CCOC(=O)c1cc2occc2n1C(=O)C(C)(O)CC. The van der Waals surface area contributed by atoms with Gasteiger partial charge in [0.1, 0.15) is 11.3 Å². The number of nitrogens with zero attached hydrogens (tertiary/aromatic N) is 1. The Bertz CT molecular complexity index is 650. The normalized spacial score (nSPS) is 14.2. The first-order chi connectivity index (χ1) is 9.42. The fraction of sp³-hybridized carbons (Fsp3) is 0.429. The van der Waals surface area contributed by atoms with E-state index in [0.29, 0.717) is 11.1 Å². The summed E-state index contributed by atoms with van der Waals surface area (Å²) in [5.74, 6) is -1.21. The zero-order valence-corrected chi connectivity index (χ0v) is 11.7. The maximum Gasteiger partial charge on any atom is 0.355 e. The van der Waals surface area contributed by atoms with Crippen LogP contribution in [0.3, 0.4) is 0 Å². The summed E-state index contributed by atoms with van der Waals surface area (Å²) in [4.78, 5) is 24.4. The van der Waals surface area contributed by atoms with Crippen LogP contribution >= 0.6 is 0 Å². The van der Waals surface area contributed by atoms with Crippen LogP contribution in [0.1, 0.15) is 42.5 Å². The van der Waals surface area contributed by atoms with E-state index in [1.807, 2.05) is 0 Å². The lowest BCUT2D eigenvalue weighted by atomic mass is 10.0. The third-order valence-corrected chi connectivity index (χ3v) is 3.26. The lowest BCUT2D eigenvalue weighted by molar-refractivity contribution is 0.0286. The van der Waals surface area contributed by atoms with Crippen LogP contribution in [0.15, 0.2) is 22.8 Å². The molecule has 0 aliphatic carbocycles. The van der Waals surface area contributed by atoms with Crippen LogP contribution in [-0.2, 0) is 4.74 Å². The third kappa shape index (κ3) is 2.22. The van der Waals surface area contributed by atoms with Gasteiger partial charge in [-0.3, -0.25) is 9.36 Å². The van der Waals surface area contributed by atoms with Crippen molar-refractivity contribution in [3.63, 3.8) is 0 Å². The number of hydrogen-bond donors (Lipinski definition) is 1. The standard InChI is InChI=1S/C14H17NO5/c1-4-14(3,18)13(17)15-9-6-7-20-11(9)8-10(15)12(16)19-5-2/h6-8,18H,4-5H2,1-3H3. The number of esters is 1. The van der Waals surface area contributed by atoms with Gasteiger partial charge in [-0.2, -0.15) is 0 Å². The Morgan fingerprint density at radius 2 is 2.15 bits per heavy atom. The molecule has 0 aliphatic heterocycles. The number of rotatable bonds is 4. The minimum absolute atomic E-state index is 0.0555. The molecule has 0 radical (unpaired) electrons. The fourth-order valence-electron chi connectivity index (χ4n) is 1.89. The van der Waals surface area contributed by atoms with Gasteiger partial charge >= 0.3 is 5.97 Å². The minimum atomic E-state index is -1.57. The van der Waals surface area contributed by atoms with Crippen molar-refractivity contribution >= 4 is 23.0 Å². The molecule has 0 aliphatic rings. The number of furan rings is 1. The molecule has 1 unspecified atom stereocenters. The number of aromatic nitrogens is 1. The molecule has 1 atom stereocenters. The fourth-order valence-corrected chi connectivity index (χ4v) is 1.89. The number of aliphatic hydroxyl groups is 1. The summed E-state index contributed by atoms with van der Waals surface area (Å²) in [6.07, 6.45) is 1.65. The van der Waals surface area contributed by atoms with E-state index in [-0.39, 0.29) is 18.7 Å². The third-order valence-electron chi connectivity index (χ3n) is 3.26. The van der Waals surface area contributed by atoms with Crippen LogP contribution < -0.4 is 0 Å². The zero-order valence-electron chi connectivity index (χ0n) is 11.7. The number of fused-ring (bicyclic) bond motifs is 1. The second-order valence-electron chi connectivity index (χ2n) is 4.69. The van der Waals surface area contributed by atoms with Crippen molar-refractivity contribution in [3.05, 3.63) is 24.1 Å². The van der Waals surface area contributed by atoms with Crippen LogP contribution in [0.5, 0.6) is 0 Å². The van der Waals surface area contributed by atoms with E-state index in [1.54, 1.807) is 19.9 Å². The zero-order chi connectivity index (χ0) is 14.9. The van der Waals surface area contributed by atoms with Crippen LogP contribution in [0.2, 0.25) is 0 Å². The topological polar surface area (TPSA) is 81.7 Å². The molecule has 2 heterocycles. The quantitative estimate of drug-likeness (QED) is 0.868. The highest BCUT2D eigenvalue weighted by Gasteiger charge is 2.34. The molecule has 0 bridgehead atoms. The highest BCUT2D eigenvalue weighted by molar-refractivity contribution is 6.03. The number of carbonyl (C=O) groups excluding carboxylic acids is 2. The molecule has 6 nitrogen and oxygen atoms in total. The van der Waals surface area contributed by atoms with Crippen LogP contribution in [0.25, 0.3) is 11.1 Å².